The molecule has 0 rings (SSSR count). The Morgan fingerprint density at radius 1 is 0.727 bits per heavy atom. The Hall–Kier alpha value is -1.06. The van der Waals surface area contributed by atoms with E-state index in [1.165, 1.54) is 0 Å². The number of rotatable bonds is 6. The van der Waals surface area contributed by atoms with Gasteiger partial charge in [-0.25, -0.2) is 0 Å². The molecule has 0 saturated heterocycles. The standard InChI is InChI=1S/C18H36N2O2/c1-15(2,3)11-18(8,9)20-14(22)17(6,7)12-16(4,5)13(21)19-10/h11-12H2,1-10H3,(H,19,21)(H,20,22). The Morgan fingerprint density at radius 3 is 1.50 bits per heavy atom. The van der Waals surface area contributed by atoms with Crippen LogP contribution in [0.2, 0.25) is 0 Å². The van der Waals surface area contributed by atoms with Crippen LogP contribution >= 0.6 is 0 Å². The fourth-order valence-electron chi connectivity index (χ4n) is 3.45. The Labute approximate surface area is 136 Å². The summed E-state index contributed by atoms with van der Waals surface area (Å²) in [5, 5.41) is 5.84. The first kappa shape index (κ1) is 20.9. The molecule has 0 unspecified atom stereocenters. The van der Waals surface area contributed by atoms with Gasteiger partial charge in [-0.05, 0) is 32.1 Å². The first-order valence-electron chi connectivity index (χ1n) is 8.07. The molecule has 0 atom stereocenters. The van der Waals surface area contributed by atoms with Crippen molar-refractivity contribution in [3.8, 4) is 0 Å². The van der Waals surface area contributed by atoms with Gasteiger partial charge in [-0.2, -0.15) is 0 Å². The fraction of sp³-hybridized carbons (Fsp3) is 0.889. The summed E-state index contributed by atoms with van der Waals surface area (Å²) in [5.74, 6) is -0.0407. The molecule has 2 N–H and O–H groups in total. The van der Waals surface area contributed by atoms with Crippen molar-refractivity contribution < 1.29 is 9.59 Å². The minimum absolute atomic E-state index is 0.00118. The molecule has 22 heavy (non-hydrogen) atoms. The van der Waals surface area contributed by atoms with Gasteiger partial charge in [0.25, 0.3) is 0 Å². The van der Waals surface area contributed by atoms with Gasteiger partial charge in [0.15, 0.2) is 0 Å². The molecule has 0 aliphatic rings. The topological polar surface area (TPSA) is 58.2 Å². The molecule has 4 nitrogen and oxygen atoms in total. The first-order chi connectivity index (χ1) is 9.52. The number of nitrogens with one attached hydrogen (secondary N) is 2. The molecule has 2 amide bonds. The molecule has 0 fully saturated rings. The fourth-order valence-corrected chi connectivity index (χ4v) is 3.45. The van der Waals surface area contributed by atoms with Gasteiger partial charge < -0.3 is 10.6 Å². The highest BCUT2D eigenvalue weighted by molar-refractivity contribution is 5.85. The molecular formula is C18H36N2O2. The lowest BCUT2D eigenvalue weighted by Crippen LogP contribution is -2.52. The van der Waals surface area contributed by atoms with Gasteiger partial charge in [0.05, 0.1) is 0 Å². The van der Waals surface area contributed by atoms with E-state index in [2.05, 4.69) is 45.3 Å². The van der Waals surface area contributed by atoms with Gasteiger partial charge >= 0.3 is 0 Å². The average Bonchev–Trinajstić information content (AvgIpc) is 2.21. The van der Waals surface area contributed by atoms with Crippen molar-refractivity contribution in [1.82, 2.24) is 10.6 Å². The summed E-state index contributed by atoms with van der Waals surface area (Å²) in [5.41, 5.74) is -1.32. The smallest absolute Gasteiger partial charge is 0.226 e. The number of carbonyl (C=O) groups excluding carboxylic acids is 2. The lowest BCUT2D eigenvalue weighted by Gasteiger charge is -2.38. The molecule has 0 aromatic rings. The van der Waals surface area contributed by atoms with Gasteiger partial charge in [0.2, 0.25) is 11.8 Å². The SMILES string of the molecule is CNC(=O)C(C)(C)CC(C)(C)C(=O)NC(C)(C)CC(C)(C)C. The third kappa shape index (κ3) is 6.80. The number of amides is 2. The second-order valence-corrected chi connectivity index (χ2v) is 9.60. The maximum atomic E-state index is 12.7. The molecule has 0 spiro atoms. The average molecular weight is 312 g/mol. The number of carbonyl (C=O) groups is 2. The summed E-state index contributed by atoms with van der Waals surface area (Å²) in [7, 11) is 1.63. The van der Waals surface area contributed by atoms with E-state index in [0.717, 1.165) is 6.42 Å². The summed E-state index contributed by atoms with van der Waals surface area (Å²) in [6.45, 7) is 18.2. The predicted octanol–water partition coefficient (Wildman–Crippen LogP) is 3.51. The zero-order chi connectivity index (χ0) is 18.0. The maximum Gasteiger partial charge on any atom is 0.226 e. The Bertz CT molecular complexity index is 415. The van der Waals surface area contributed by atoms with Crippen LogP contribution in [0, 0.1) is 16.2 Å². The monoisotopic (exact) mass is 312 g/mol. The lowest BCUT2D eigenvalue weighted by molar-refractivity contribution is -0.136. The molecule has 0 aliphatic heterocycles. The molecule has 0 aromatic heterocycles. The molecule has 0 radical (unpaired) electrons. The molecule has 0 aliphatic carbocycles. The highest BCUT2D eigenvalue weighted by atomic mass is 16.2. The second kappa shape index (κ2) is 6.59. The van der Waals surface area contributed by atoms with Crippen molar-refractivity contribution in [2.75, 3.05) is 7.05 Å². The zero-order valence-electron chi connectivity index (χ0n) is 16.2. The minimum atomic E-state index is -0.606. The third-order valence-corrected chi connectivity index (χ3v) is 3.76. The molecule has 0 saturated carbocycles. The minimum Gasteiger partial charge on any atom is -0.359 e. The van der Waals surface area contributed by atoms with Gasteiger partial charge in [0.1, 0.15) is 0 Å². The van der Waals surface area contributed by atoms with Crippen molar-refractivity contribution in [1.29, 1.82) is 0 Å². The van der Waals surface area contributed by atoms with Crippen LogP contribution in [0.1, 0.15) is 75.2 Å². The van der Waals surface area contributed by atoms with Gasteiger partial charge in [-0.3, -0.25) is 9.59 Å². The Balaban J connectivity index is 5.00. The normalized spacial score (nSPS) is 13.7. The molecule has 4 heteroatoms. The van der Waals surface area contributed by atoms with E-state index in [1.807, 2.05) is 27.7 Å². The highest BCUT2D eigenvalue weighted by Gasteiger charge is 2.40. The van der Waals surface area contributed by atoms with Gasteiger partial charge in [0, 0.05) is 23.4 Å². The maximum absolute atomic E-state index is 12.7. The summed E-state index contributed by atoms with van der Waals surface area (Å²) < 4.78 is 0. The predicted molar refractivity (Wildman–Crippen MR) is 92.5 cm³/mol. The molecular weight excluding hydrogens is 276 g/mol. The number of hydrogen-bond donors (Lipinski definition) is 2. The largest absolute Gasteiger partial charge is 0.359 e. The van der Waals surface area contributed by atoms with Crippen molar-refractivity contribution >= 4 is 11.8 Å². The van der Waals surface area contributed by atoms with Crippen molar-refractivity contribution in [3.05, 3.63) is 0 Å². The lowest BCUT2D eigenvalue weighted by atomic mass is 9.73. The van der Waals surface area contributed by atoms with Crippen LogP contribution in [0.4, 0.5) is 0 Å². The quantitative estimate of drug-likeness (QED) is 0.788. The molecule has 0 aromatic carbocycles. The van der Waals surface area contributed by atoms with Gasteiger partial charge in [-0.15, -0.1) is 0 Å². The summed E-state index contributed by atoms with van der Waals surface area (Å²) in [4.78, 5) is 24.7. The number of hydrogen-bond acceptors (Lipinski definition) is 2. The zero-order valence-corrected chi connectivity index (χ0v) is 16.2. The van der Waals surface area contributed by atoms with E-state index in [1.54, 1.807) is 7.05 Å². The summed E-state index contributed by atoms with van der Waals surface area (Å²) >= 11 is 0. The van der Waals surface area contributed by atoms with Crippen LogP contribution in [0.25, 0.3) is 0 Å². The van der Waals surface area contributed by atoms with Crippen molar-refractivity contribution in [2.24, 2.45) is 16.2 Å². The summed E-state index contributed by atoms with van der Waals surface area (Å²) in [6.07, 6.45) is 1.39. The van der Waals surface area contributed by atoms with Crippen molar-refractivity contribution in [2.45, 2.75) is 80.7 Å². The molecule has 130 valence electrons. The third-order valence-electron chi connectivity index (χ3n) is 3.76. The van der Waals surface area contributed by atoms with Crippen molar-refractivity contribution in [3.63, 3.8) is 0 Å². The highest BCUT2D eigenvalue weighted by Crippen LogP contribution is 2.35. The molecule has 0 bridgehead atoms. The van der Waals surface area contributed by atoms with E-state index >= 15 is 0 Å². The Kier molecular flexibility index (Phi) is 6.27. The van der Waals surface area contributed by atoms with Crippen LogP contribution in [-0.4, -0.2) is 24.4 Å². The summed E-state index contributed by atoms with van der Waals surface area (Å²) in [6, 6.07) is 0. The van der Waals surface area contributed by atoms with E-state index in [9.17, 15) is 9.59 Å². The van der Waals surface area contributed by atoms with E-state index in [-0.39, 0.29) is 22.8 Å². The van der Waals surface area contributed by atoms with E-state index < -0.39 is 10.8 Å². The van der Waals surface area contributed by atoms with Crippen LogP contribution in [0.5, 0.6) is 0 Å². The Morgan fingerprint density at radius 2 is 1.14 bits per heavy atom. The first-order valence-corrected chi connectivity index (χ1v) is 8.07. The van der Waals surface area contributed by atoms with Gasteiger partial charge in [-0.1, -0.05) is 48.5 Å². The van der Waals surface area contributed by atoms with E-state index in [0.29, 0.717) is 6.42 Å². The van der Waals surface area contributed by atoms with Crippen LogP contribution in [0.15, 0.2) is 0 Å². The second-order valence-electron chi connectivity index (χ2n) is 9.60. The van der Waals surface area contributed by atoms with E-state index in [4.69, 9.17) is 0 Å². The van der Waals surface area contributed by atoms with Crippen LogP contribution in [0.3, 0.4) is 0 Å². The van der Waals surface area contributed by atoms with Crippen LogP contribution in [-0.2, 0) is 9.59 Å². The van der Waals surface area contributed by atoms with Crippen LogP contribution < -0.4 is 10.6 Å². The molecule has 0 heterocycles.